The Morgan fingerprint density at radius 1 is 1.23 bits per heavy atom. The Morgan fingerprint density at radius 3 is 2.63 bits per heavy atom. The van der Waals surface area contributed by atoms with E-state index in [4.69, 9.17) is 4.52 Å². The molecule has 10 heteroatoms. The average molecular weight is 420 g/mol. The minimum Gasteiger partial charge on any atom is -0.347 e. The number of likely N-dealkylation sites (tertiary alicyclic amines) is 1. The molecule has 0 unspecified atom stereocenters. The third-order valence-electron chi connectivity index (χ3n) is 5.30. The molecule has 1 fully saturated rings. The first-order chi connectivity index (χ1) is 14.2. The van der Waals surface area contributed by atoms with Crippen molar-refractivity contribution in [3.8, 4) is 0 Å². The van der Waals surface area contributed by atoms with Crippen LogP contribution in [0.1, 0.15) is 41.3 Å². The molecule has 0 bridgehead atoms. The van der Waals surface area contributed by atoms with Crippen molar-refractivity contribution in [3.05, 3.63) is 41.0 Å². The summed E-state index contributed by atoms with van der Waals surface area (Å²) in [5, 5.41) is 4.00. The van der Waals surface area contributed by atoms with E-state index >= 15 is 0 Å². The van der Waals surface area contributed by atoms with E-state index < -0.39 is 11.7 Å². The van der Waals surface area contributed by atoms with Gasteiger partial charge in [0.1, 0.15) is 0 Å². The number of hydrogen-bond donors (Lipinski definition) is 0. The first-order valence-corrected chi connectivity index (χ1v) is 9.77. The van der Waals surface area contributed by atoms with Crippen molar-refractivity contribution in [2.24, 2.45) is 0 Å². The number of nitrogens with zero attached hydrogens (tertiary/aromatic N) is 6. The number of fused-ring (bicyclic) bond motifs is 1. The highest BCUT2D eigenvalue weighted by atomic mass is 19.4. The highest BCUT2D eigenvalue weighted by molar-refractivity contribution is 5.81. The Kier molecular flexibility index (Phi) is 5.35. The van der Waals surface area contributed by atoms with E-state index in [1.807, 2.05) is 19.0 Å². The van der Waals surface area contributed by atoms with Gasteiger partial charge in [-0.25, -0.2) is 15.0 Å². The first-order valence-electron chi connectivity index (χ1n) is 9.77. The molecule has 0 amide bonds. The molecule has 0 aromatic carbocycles. The second-order valence-corrected chi connectivity index (χ2v) is 7.92. The second kappa shape index (κ2) is 7.82. The molecule has 3 aromatic rings. The monoisotopic (exact) mass is 420 g/mol. The van der Waals surface area contributed by atoms with Crippen LogP contribution >= 0.6 is 0 Å². The molecule has 1 aliphatic heterocycles. The zero-order valence-electron chi connectivity index (χ0n) is 17.1. The summed E-state index contributed by atoms with van der Waals surface area (Å²) in [6.07, 6.45) is 0.680. The lowest BCUT2D eigenvalue weighted by atomic mass is 9.91. The summed E-state index contributed by atoms with van der Waals surface area (Å²) in [6, 6.07) is 1.06. The van der Waals surface area contributed by atoms with E-state index in [-0.39, 0.29) is 22.7 Å². The van der Waals surface area contributed by atoms with Crippen molar-refractivity contribution in [1.82, 2.24) is 25.0 Å². The van der Waals surface area contributed by atoms with E-state index in [0.717, 1.165) is 31.0 Å². The van der Waals surface area contributed by atoms with Crippen LogP contribution in [-0.2, 0) is 12.7 Å². The topological polar surface area (TPSA) is 71.2 Å². The van der Waals surface area contributed by atoms with Gasteiger partial charge in [-0.3, -0.25) is 4.90 Å². The lowest BCUT2D eigenvalue weighted by Crippen LogP contribution is -2.34. The van der Waals surface area contributed by atoms with Crippen LogP contribution in [0, 0.1) is 6.92 Å². The van der Waals surface area contributed by atoms with Crippen LogP contribution < -0.4 is 4.90 Å². The molecule has 3 aromatic heterocycles. The van der Waals surface area contributed by atoms with Gasteiger partial charge in [-0.05, 0) is 32.4 Å². The molecular formula is C20H23F3N6O. The molecule has 1 aliphatic rings. The highest BCUT2D eigenvalue weighted by Crippen LogP contribution is 2.40. The Bertz CT molecular complexity index is 1030. The van der Waals surface area contributed by atoms with E-state index in [2.05, 4.69) is 25.0 Å². The number of halogens is 3. The van der Waals surface area contributed by atoms with Gasteiger partial charge >= 0.3 is 6.18 Å². The zero-order valence-corrected chi connectivity index (χ0v) is 17.1. The van der Waals surface area contributed by atoms with Crippen LogP contribution in [0.15, 0.2) is 23.0 Å². The summed E-state index contributed by atoms with van der Waals surface area (Å²) < 4.78 is 46.2. The number of aromatic nitrogens is 4. The smallest absolute Gasteiger partial charge is 0.347 e. The molecule has 1 atom stereocenters. The predicted octanol–water partition coefficient (Wildman–Crippen LogP) is 3.79. The van der Waals surface area contributed by atoms with Crippen molar-refractivity contribution in [1.29, 1.82) is 0 Å². The molecule has 0 spiro atoms. The van der Waals surface area contributed by atoms with Gasteiger partial charge in [0.25, 0.3) is 5.71 Å². The molecule has 30 heavy (non-hydrogen) atoms. The highest BCUT2D eigenvalue weighted by Gasteiger charge is 2.37. The molecule has 0 saturated carbocycles. The van der Waals surface area contributed by atoms with Gasteiger partial charge in [-0.15, -0.1) is 0 Å². The largest absolute Gasteiger partial charge is 0.417 e. The number of alkyl halides is 3. The van der Waals surface area contributed by atoms with Gasteiger partial charge in [0.2, 0.25) is 5.95 Å². The fourth-order valence-electron chi connectivity index (χ4n) is 3.94. The van der Waals surface area contributed by atoms with Crippen LogP contribution in [0.3, 0.4) is 0 Å². The second-order valence-electron chi connectivity index (χ2n) is 7.92. The standard InChI is InChI=1S/C20H23F3N6O/c1-12-7-15(20(21,22)23)16-17(27-30-18(16)26-12)14-5-4-6-29(11-14)10-13-8-24-19(25-9-13)28(2)3/h7-9,14H,4-6,10-11H2,1-3H3/t14-/m1/s1. The normalized spacial score (nSPS) is 18.1. The minimum absolute atomic E-state index is 0.0152. The summed E-state index contributed by atoms with van der Waals surface area (Å²) >= 11 is 0. The Labute approximate surface area is 171 Å². The van der Waals surface area contributed by atoms with Crippen molar-refractivity contribution in [2.75, 3.05) is 32.1 Å². The molecular weight excluding hydrogens is 397 g/mol. The van der Waals surface area contributed by atoms with Crippen LogP contribution in [0.4, 0.5) is 19.1 Å². The maximum atomic E-state index is 13.7. The van der Waals surface area contributed by atoms with Crippen molar-refractivity contribution in [2.45, 2.75) is 38.4 Å². The summed E-state index contributed by atoms with van der Waals surface area (Å²) in [5.74, 6) is 0.472. The predicted molar refractivity (Wildman–Crippen MR) is 105 cm³/mol. The van der Waals surface area contributed by atoms with E-state index in [1.54, 1.807) is 12.4 Å². The van der Waals surface area contributed by atoms with Gasteiger partial charge in [0.15, 0.2) is 0 Å². The van der Waals surface area contributed by atoms with E-state index in [9.17, 15) is 13.2 Å². The molecule has 0 N–H and O–H groups in total. The number of rotatable bonds is 4. The van der Waals surface area contributed by atoms with Gasteiger partial charge in [-0.2, -0.15) is 13.2 Å². The fraction of sp³-hybridized carbons (Fsp3) is 0.500. The molecule has 0 aliphatic carbocycles. The SMILES string of the molecule is Cc1cc(C(F)(F)F)c2c([C@@H]3CCCN(Cc4cnc(N(C)C)nc4)C3)noc2n1. The Hall–Kier alpha value is -2.75. The molecule has 7 nitrogen and oxygen atoms in total. The number of piperidine rings is 1. The van der Waals surface area contributed by atoms with Crippen molar-refractivity contribution < 1.29 is 17.7 Å². The molecule has 4 rings (SSSR count). The van der Waals surface area contributed by atoms with Crippen LogP contribution in [0.25, 0.3) is 11.1 Å². The molecule has 4 heterocycles. The summed E-state index contributed by atoms with van der Waals surface area (Å²) in [7, 11) is 3.75. The fourth-order valence-corrected chi connectivity index (χ4v) is 3.94. The minimum atomic E-state index is -4.49. The van der Waals surface area contributed by atoms with Crippen LogP contribution in [0.2, 0.25) is 0 Å². The lowest BCUT2D eigenvalue weighted by molar-refractivity contribution is -0.136. The number of pyridine rings is 1. The summed E-state index contributed by atoms with van der Waals surface area (Å²) in [5.41, 5.74) is 0.769. The Morgan fingerprint density at radius 2 is 1.97 bits per heavy atom. The van der Waals surface area contributed by atoms with Crippen molar-refractivity contribution >= 4 is 17.0 Å². The third kappa shape index (κ3) is 4.09. The average Bonchev–Trinajstić information content (AvgIpc) is 3.11. The van der Waals surface area contributed by atoms with Crippen LogP contribution in [0.5, 0.6) is 0 Å². The maximum Gasteiger partial charge on any atom is 0.417 e. The Balaban J connectivity index is 1.58. The third-order valence-corrected chi connectivity index (χ3v) is 5.30. The van der Waals surface area contributed by atoms with Crippen molar-refractivity contribution in [3.63, 3.8) is 0 Å². The van der Waals surface area contributed by atoms with Gasteiger partial charge in [0, 0.05) is 56.8 Å². The van der Waals surface area contributed by atoms with Gasteiger partial charge < -0.3 is 9.42 Å². The molecule has 160 valence electrons. The number of hydrogen-bond acceptors (Lipinski definition) is 7. The van der Waals surface area contributed by atoms with Gasteiger partial charge in [0.05, 0.1) is 16.6 Å². The quantitative estimate of drug-likeness (QED) is 0.636. The summed E-state index contributed by atoms with van der Waals surface area (Å²) in [6.45, 7) is 3.58. The van der Waals surface area contributed by atoms with E-state index in [1.165, 1.54) is 6.92 Å². The molecule has 1 saturated heterocycles. The van der Waals surface area contributed by atoms with E-state index in [0.29, 0.717) is 24.7 Å². The lowest BCUT2D eigenvalue weighted by Gasteiger charge is -2.32. The summed E-state index contributed by atoms with van der Waals surface area (Å²) in [4.78, 5) is 16.8. The zero-order chi connectivity index (χ0) is 21.5. The number of anilines is 1. The molecule has 0 radical (unpaired) electrons. The number of aryl methyl sites for hydroxylation is 1. The first kappa shape index (κ1) is 20.5. The van der Waals surface area contributed by atoms with Crippen LogP contribution in [-0.4, -0.2) is 52.2 Å². The maximum absolute atomic E-state index is 13.7. The van der Waals surface area contributed by atoms with Gasteiger partial charge in [-0.1, -0.05) is 5.16 Å².